The van der Waals surface area contributed by atoms with Crippen molar-refractivity contribution in [1.82, 2.24) is 5.32 Å². The number of hydrogen-bond acceptors (Lipinski definition) is 3. The smallest absolute Gasteiger partial charge is 0.0672 e. The fourth-order valence-corrected chi connectivity index (χ4v) is 3.69. The van der Waals surface area contributed by atoms with Gasteiger partial charge in [-0.15, -0.1) is 11.3 Å². The lowest BCUT2D eigenvalue weighted by Crippen LogP contribution is -2.29. The summed E-state index contributed by atoms with van der Waals surface area (Å²) in [6.45, 7) is 8.21. The van der Waals surface area contributed by atoms with Gasteiger partial charge in [0.15, 0.2) is 0 Å². The van der Waals surface area contributed by atoms with E-state index < -0.39 is 0 Å². The topological polar surface area (TPSA) is 21.3 Å². The summed E-state index contributed by atoms with van der Waals surface area (Å²) in [6.07, 6.45) is 5.51. The Labute approximate surface area is 120 Å². The summed E-state index contributed by atoms with van der Waals surface area (Å²) in [4.78, 5) is 1.48. The van der Waals surface area contributed by atoms with E-state index in [1.54, 1.807) is 0 Å². The Kier molecular flexibility index (Phi) is 6.08. The first-order valence-electron chi connectivity index (χ1n) is 7.26. The van der Waals surface area contributed by atoms with Crippen LogP contribution in [0, 0.1) is 5.92 Å². The van der Waals surface area contributed by atoms with Crippen LogP contribution < -0.4 is 5.32 Å². The first-order valence-corrected chi connectivity index (χ1v) is 8.14. The standard InChI is InChI=1S/C16H25NOS/c1-13(2)12-18-10-9-17-16(14-6-3-4-7-14)15-8-5-11-19-15/h5,8,11,14,16-17H,1,3-4,6-7,9-10,12H2,2H3. The molecule has 1 aromatic rings. The summed E-state index contributed by atoms with van der Waals surface area (Å²) in [7, 11) is 0. The highest BCUT2D eigenvalue weighted by atomic mass is 32.1. The molecule has 1 aromatic heterocycles. The number of rotatable bonds is 8. The Bertz CT molecular complexity index is 368. The van der Waals surface area contributed by atoms with Crippen molar-refractivity contribution in [2.24, 2.45) is 5.92 Å². The molecule has 1 saturated carbocycles. The molecular formula is C16H25NOS. The van der Waals surface area contributed by atoms with Crippen molar-refractivity contribution < 1.29 is 4.74 Å². The van der Waals surface area contributed by atoms with E-state index in [2.05, 4.69) is 29.4 Å². The van der Waals surface area contributed by atoms with Gasteiger partial charge >= 0.3 is 0 Å². The van der Waals surface area contributed by atoms with Crippen LogP contribution >= 0.6 is 11.3 Å². The third-order valence-corrected chi connectivity index (χ3v) is 4.64. The molecule has 1 aliphatic rings. The highest BCUT2D eigenvalue weighted by Crippen LogP contribution is 2.37. The van der Waals surface area contributed by atoms with Crippen molar-refractivity contribution in [3.63, 3.8) is 0 Å². The zero-order valence-electron chi connectivity index (χ0n) is 11.9. The molecule has 106 valence electrons. The quantitative estimate of drug-likeness (QED) is 0.570. The summed E-state index contributed by atoms with van der Waals surface area (Å²) >= 11 is 1.87. The van der Waals surface area contributed by atoms with E-state index in [-0.39, 0.29) is 0 Å². The Hall–Kier alpha value is -0.640. The molecule has 1 aliphatic carbocycles. The van der Waals surface area contributed by atoms with Gasteiger partial charge < -0.3 is 10.1 Å². The zero-order valence-corrected chi connectivity index (χ0v) is 12.7. The van der Waals surface area contributed by atoms with Crippen LogP contribution in [0.4, 0.5) is 0 Å². The van der Waals surface area contributed by atoms with Crippen molar-refractivity contribution >= 4 is 11.3 Å². The van der Waals surface area contributed by atoms with Crippen molar-refractivity contribution in [3.8, 4) is 0 Å². The second-order valence-electron chi connectivity index (χ2n) is 5.50. The summed E-state index contributed by atoms with van der Waals surface area (Å²) in [5, 5.41) is 5.87. The molecule has 2 nitrogen and oxygen atoms in total. The highest BCUT2D eigenvalue weighted by Gasteiger charge is 2.26. The molecule has 1 unspecified atom stereocenters. The largest absolute Gasteiger partial charge is 0.376 e. The van der Waals surface area contributed by atoms with Crippen LogP contribution in [0.2, 0.25) is 0 Å². The Morgan fingerprint density at radius 1 is 1.53 bits per heavy atom. The lowest BCUT2D eigenvalue weighted by atomic mass is 9.97. The third-order valence-electron chi connectivity index (χ3n) is 3.68. The molecule has 0 bridgehead atoms. The van der Waals surface area contributed by atoms with Crippen LogP contribution in [0.1, 0.15) is 43.5 Å². The van der Waals surface area contributed by atoms with Gasteiger partial charge in [0.1, 0.15) is 0 Å². The lowest BCUT2D eigenvalue weighted by molar-refractivity contribution is 0.152. The van der Waals surface area contributed by atoms with Gasteiger partial charge in [-0.1, -0.05) is 31.1 Å². The molecule has 0 aliphatic heterocycles. The minimum atomic E-state index is 0.524. The summed E-state index contributed by atoms with van der Waals surface area (Å²) in [6, 6.07) is 4.94. The Balaban J connectivity index is 1.79. The molecule has 1 heterocycles. The zero-order chi connectivity index (χ0) is 13.5. The molecule has 1 fully saturated rings. The molecular weight excluding hydrogens is 254 g/mol. The molecule has 0 saturated heterocycles. The van der Waals surface area contributed by atoms with Crippen LogP contribution in [0.5, 0.6) is 0 Å². The fraction of sp³-hybridized carbons (Fsp3) is 0.625. The van der Waals surface area contributed by atoms with Gasteiger partial charge in [0.25, 0.3) is 0 Å². The minimum absolute atomic E-state index is 0.524. The van der Waals surface area contributed by atoms with Gasteiger partial charge in [-0.2, -0.15) is 0 Å². The molecule has 0 amide bonds. The molecule has 1 atom stereocenters. The normalized spacial score (nSPS) is 17.7. The summed E-state index contributed by atoms with van der Waals surface area (Å²) in [5.74, 6) is 0.805. The maximum Gasteiger partial charge on any atom is 0.0672 e. The van der Waals surface area contributed by atoms with E-state index in [9.17, 15) is 0 Å². The minimum Gasteiger partial charge on any atom is -0.376 e. The number of nitrogens with one attached hydrogen (secondary N) is 1. The second-order valence-corrected chi connectivity index (χ2v) is 6.48. The van der Waals surface area contributed by atoms with Crippen molar-refractivity contribution in [2.45, 2.75) is 38.6 Å². The highest BCUT2D eigenvalue weighted by molar-refractivity contribution is 7.10. The van der Waals surface area contributed by atoms with Gasteiger partial charge in [-0.25, -0.2) is 0 Å². The van der Waals surface area contributed by atoms with Crippen molar-refractivity contribution in [1.29, 1.82) is 0 Å². The van der Waals surface area contributed by atoms with E-state index in [0.717, 1.165) is 24.6 Å². The van der Waals surface area contributed by atoms with Crippen LogP contribution in [0.25, 0.3) is 0 Å². The predicted octanol–water partition coefficient (Wildman–Crippen LogP) is 4.16. The SMILES string of the molecule is C=C(C)COCCNC(c1cccs1)C1CCCC1. The maximum absolute atomic E-state index is 5.57. The average Bonchev–Trinajstić information content (AvgIpc) is 3.06. The fourth-order valence-electron chi connectivity index (χ4n) is 2.79. The summed E-state index contributed by atoms with van der Waals surface area (Å²) < 4.78 is 5.57. The van der Waals surface area contributed by atoms with Crippen LogP contribution in [0.3, 0.4) is 0 Å². The third kappa shape index (κ3) is 4.75. The van der Waals surface area contributed by atoms with E-state index in [4.69, 9.17) is 4.74 Å². The van der Waals surface area contributed by atoms with Crippen molar-refractivity contribution in [3.05, 3.63) is 34.5 Å². The van der Waals surface area contributed by atoms with E-state index >= 15 is 0 Å². The monoisotopic (exact) mass is 279 g/mol. The van der Waals surface area contributed by atoms with Gasteiger partial charge in [0.2, 0.25) is 0 Å². The van der Waals surface area contributed by atoms with E-state index in [1.807, 2.05) is 18.3 Å². The number of hydrogen-bond donors (Lipinski definition) is 1. The van der Waals surface area contributed by atoms with E-state index in [0.29, 0.717) is 12.6 Å². The first kappa shape index (κ1) is 14.8. The van der Waals surface area contributed by atoms with Crippen molar-refractivity contribution in [2.75, 3.05) is 19.8 Å². The van der Waals surface area contributed by atoms with Gasteiger partial charge in [0, 0.05) is 17.5 Å². The molecule has 19 heavy (non-hydrogen) atoms. The first-order chi connectivity index (χ1) is 9.27. The van der Waals surface area contributed by atoms with Crippen LogP contribution in [-0.4, -0.2) is 19.8 Å². The van der Waals surface area contributed by atoms with Crippen LogP contribution in [0.15, 0.2) is 29.7 Å². The number of ether oxygens (including phenoxy) is 1. The van der Waals surface area contributed by atoms with Gasteiger partial charge in [-0.3, -0.25) is 0 Å². The molecule has 0 aromatic carbocycles. The Morgan fingerprint density at radius 3 is 2.95 bits per heavy atom. The van der Waals surface area contributed by atoms with Crippen LogP contribution in [-0.2, 0) is 4.74 Å². The summed E-state index contributed by atoms with van der Waals surface area (Å²) in [5.41, 5.74) is 1.09. The van der Waals surface area contributed by atoms with E-state index in [1.165, 1.54) is 30.6 Å². The molecule has 3 heteroatoms. The average molecular weight is 279 g/mol. The molecule has 1 N–H and O–H groups in total. The maximum atomic E-state index is 5.57. The van der Waals surface area contributed by atoms with Gasteiger partial charge in [-0.05, 0) is 37.1 Å². The lowest BCUT2D eigenvalue weighted by Gasteiger charge is -2.24. The molecule has 0 radical (unpaired) electrons. The predicted molar refractivity (Wildman–Crippen MR) is 82.7 cm³/mol. The Morgan fingerprint density at radius 2 is 2.32 bits per heavy atom. The molecule has 2 rings (SSSR count). The number of thiophene rings is 1. The second kappa shape index (κ2) is 7.83. The molecule has 0 spiro atoms. The van der Waals surface area contributed by atoms with Gasteiger partial charge in [0.05, 0.1) is 13.2 Å².